The maximum atomic E-state index is 12.7. The quantitative estimate of drug-likeness (QED) is 0.587. The van der Waals surface area contributed by atoms with Crippen molar-refractivity contribution in [2.24, 2.45) is 5.73 Å². The van der Waals surface area contributed by atoms with E-state index in [2.05, 4.69) is 17.3 Å². The molecule has 1 fully saturated rings. The summed E-state index contributed by atoms with van der Waals surface area (Å²) in [5.41, 5.74) is 9.05. The summed E-state index contributed by atoms with van der Waals surface area (Å²) in [5.74, 6) is 1.08. The van der Waals surface area contributed by atoms with Gasteiger partial charge >= 0.3 is 0 Å². The van der Waals surface area contributed by atoms with Gasteiger partial charge in [0.15, 0.2) is 11.5 Å². The summed E-state index contributed by atoms with van der Waals surface area (Å²) in [6.07, 6.45) is 0.671. The average molecular weight is 461 g/mol. The predicted molar refractivity (Wildman–Crippen MR) is 130 cm³/mol. The van der Waals surface area contributed by atoms with Crippen molar-refractivity contribution in [3.05, 3.63) is 65.2 Å². The number of nitrogens with two attached hydrogens (primary N) is 1. The normalized spacial score (nSPS) is 15.5. The molecule has 2 aliphatic heterocycles. The van der Waals surface area contributed by atoms with Gasteiger partial charge in [0.2, 0.25) is 18.6 Å². The van der Waals surface area contributed by atoms with Crippen LogP contribution in [0.1, 0.15) is 21.5 Å². The van der Waals surface area contributed by atoms with Crippen LogP contribution >= 0.6 is 0 Å². The molecule has 2 aliphatic rings. The third kappa shape index (κ3) is 4.49. The Labute approximate surface area is 198 Å². The monoisotopic (exact) mass is 460 g/mol. The SMILES string of the molecule is CN1CCN(C(=O)CNc2ccc(C(N)=O)c3cc(Cc4ccc5c(c4)OCO5)ccc23)CC1. The minimum absolute atomic E-state index is 0.0691. The number of nitrogens with one attached hydrogen (secondary N) is 1. The van der Waals surface area contributed by atoms with Crippen LogP contribution < -0.4 is 20.5 Å². The van der Waals surface area contributed by atoms with Gasteiger partial charge in [-0.2, -0.15) is 0 Å². The number of hydrogen-bond donors (Lipinski definition) is 2. The predicted octanol–water partition coefficient (Wildman–Crippen LogP) is 2.44. The third-order valence-electron chi connectivity index (χ3n) is 6.48. The maximum absolute atomic E-state index is 12.7. The van der Waals surface area contributed by atoms with Gasteiger partial charge in [0.25, 0.3) is 0 Å². The first-order valence-corrected chi connectivity index (χ1v) is 11.4. The van der Waals surface area contributed by atoms with Crippen molar-refractivity contribution >= 4 is 28.3 Å². The molecule has 2 heterocycles. The summed E-state index contributed by atoms with van der Waals surface area (Å²) in [5, 5.41) is 4.90. The van der Waals surface area contributed by atoms with E-state index >= 15 is 0 Å². The van der Waals surface area contributed by atoms with Crippen LogP contribution in [-0.2, 0) is 11.2 Å². The number of hydrogen-bond acceptors (Lipinski definition) is 6. The summed E-state index contributed by atoms with van der Waals surface area (Å²) in [6.45, 7) is 3.68. The van der Waals surface area contributed by atoms with E-state index in [0.29, 0.717) is 12.0 Å². The molecule has 0 bridgehead atoms. The largest absolute Gasteiger partial charge is 0.454 e. The Morgan fingerprint density at radius 3 is 2.44 bits per heavy atom. The summed E-state index contributed by atoms with van der Waals surface area (Å²) < 4.78 is 10.9. The molecule has 3 N–H and O–H groups in total. The fourth-order valence-corrected chi connectivity index (χ4v) is 4.50. The van der Waals surface area contributed by atoms with Gasteiger partial charge in [-0.1, -0.05) is 18.2 Å². The van der Waals surface area contributed by atoms with Crippen LogP contribution in [0, 0.1) is 0 Å². The Morgan fingerprint density at radius 2 is 1.65 bits per heavy atom. The third-order valence-corrected chi connectivity index (χ3v) is 6.48. The maximum Gasteiger partial charge on any atom is 0.249 e. The van der Waals surface area contributed by atoms with Gasteiger partial charge in [-0.15, -0.1) is 0 Å². The van der Waals surface area contributed by atoms with Gasteiger partial charge in [-0.05, 0) is 60.3 Å². The number of ether oxygens (including phenoxy) is 2. The zero-order valence-corrected chi connectivity index (χ0v) is 19.2. The van der Waals surface area contributed by atoms with Crippen LogP contribution in [0.25, 0.3) is 10.8 Å². The molecule has 2 amide bonds. The van der Waals surface area contributed by atoms with E-state index in [0.717, 1.165) is 65.3 Å². The molecule has 5 rings (SSSR count). The molecular weight excluding hydrogens is 432 g/mol. The Balaban J connectivity index is 1.38. The van der Waals surface area contributed by atoms with E-state index in [4.69, 9.17) is 15.2 Å². The lowest BCUT2D eigenvalue weighted by molar-refractivity contribution is -0.130. The molecule has 3 aromatic rings. The van der Waals surface area contributed by atoms with Crippen molar-refractivity contribution in [2.75, 3.05) is 51.9 Å². The van der Waals surface area contributed by atoms with Crippen LogP contribution in [0.4, 0.5) is 5.69 Å². The van der Waals surface area contributed by atoms with Crippen LogP contribution in [-0.4, -0.2) is 68.2 Å². The first kappa shape index (κ1) is 22.0. The highest BCUT2D eigenvalue weighted by molar-refractivity contribution is 6.10. The molecule has 0 atom stereocenters. The summed E-state index contributed by atoms with van der Waals surface area (Å²) in [7, 11) is 2.06. The molecule has 3 aromatic carbocycles. The summed E-state index contributed by atoms with van der Waals surface area (Å²) in [4.78, 5) is 28.9. The minimum Gasteiger partial charge on any atom is -0.454 e. The number of rotatable bonds is 6. The fraction of sp³-hybridized carbons (Fsp3) is 0.308. The fourth-order valence-electron chi connectivity index (χ4n) is 4.50. The molecule has 1 saturated heterocycles. The van der Waals surface area contributed by atoms with Crippen LogP contribution in [0.3, 0.4) is 0 Å². The molecule has 8 heteroatoms. The van der Waals surface area contributed by atoms with Gasteiger partial charge in [-0.3, -0.25) is 9.59 Å². The van der Waals surface area contributed by atoms with Crippen LogP contribution in [0.5, 0.6) is 11.5 Å². The molecule has 0 aromatic heterocycles. The number of carbonyl (C=O) groups excluding carboxylic acids is 2. The van der Waals surface area contributed by atoms with E-state index < -0.39 is 5.91 Å². The second-order valence-electron chi connectivity index (χ2n) is 8.81. The average Bonchev–Trinajstić information content (AvgIpc) is 3.30. The van der Waals surface area contributed by atoms with Gasteiger partial charge in [0, 0.05) is 42.8 Å². The van der Waals surface area contributed by atoms with E-state index in [1.165, 1.54) is 0 Å². The van der Waals surface area contributed by atoms with E-state index in [9.17, 15) is 9.59 Å². The van der Waals surface area contributed by atoms with Gasteiger partial charge in [-0.25, -0.2) is 0 Å². The molecule has 0 radical (unpaired) electrons. The lowest BCUT2D eigenvalue weighted by atomic mass is 9.96. The van der Waals surface area contributed by atoms with Crippen LogP contribution in [0.2, 0.25) is 0 Å². The molecular formula is C26H28N4O4. The Morgan fingerprint density at radius 1 is 0.912 bits per heavy atom. The summed E-state index contributed by atoms with van der Waals surface area (Å²) in [6, 6.07) is 15.4. The van der Waals surface area contributed by atoms with Crippen molar-refractivity contribution in [2.45, 2.75) is 6.42 Å². The van der Waals surface area contributed by atoms with Gasteiger partial charge in [0.1, 0.15) is 0 Å². The van der Waals surface area contributed by atoms with Gasteiger partial charge in [0.05, 0.1) is 6.54 Å². The highest BCUT2D eigenvalue weighted by Gasteiger charge is 2.19. The highest BCUT2D eigenvalue weighted by atomic mass is 16.7. The van der Waals surface area contributed by atoms with Crippen molar-refractivity contribution in [1.29, 1.82) is 0 Å². The number of piperazine rings is 1. The first-order valence-electron chi connectivity index (χ1n) is 11.4. The molecule has 0 aliphatic carbocycles. The van der Waals surface area contributed by atoms with E-state index in [1.807, 2.05) is 47.4 Å². The number of fused-ring (bicyclic) bond motifs is 2. The lowest BCUT2D eigenvalue weighted by Gasteiger charge is -2.32. The first-order chi connectivity index (χ1) is 16.5. The zero-order valence-electron chi connectivity index (χ0n) is 19.2. The number of benzene rings is 3. The number of amides is 2. The summed E-state index contributed by atoms with van der Waals surface area (Å²) >= 11 is 0. The zero-order chi connectivity index (χ0) is 23.7. The number of nitrogens with zero attached hydrogens (tertiary/aromatic N) is 2. The van der Waals surface area contributed by atoms with Gasteiger partial charge < -0.3 is 30.3 Å². The van der Waals surface area contributed by atoms with Crippen molar-refractivity contribution < 1.29 is 19.1 Å². The Hall–Kier alpha value is -3.78. The standard InChI is InChI=1S/C26H28N4O4/c1-29-8-10-30(11-9-29)25(31)15-28-22-6-5-20(26(27)32)21-13-17(2-4-19(21)22)12-18-3-7-23-24(14-18)34-16-33-23/h2-7,13-14,28H,8-12,15-16H2,1H3,(H2,27,32). The molecule has 8 nitrogen and oxygen atoms in total. The Kier molecular flexibility index (Phi) is 5.98. The second-order valence-corrected chi connectivity index (χ2v) is 8.81. The molecule has 0 spiro atoms. The molecule has 0 unspecified atom stereocenters. The number of anilines is 1. The smallest absolute Gasteiger partial charge is 0.249 e. The Bertz CT molecular complexity index is 1250. The van der Waals surface area contributed by atoms with Crippen molar-refractivity contribution in [3.8, 4) is 11.5 Å². The number of likely N-dealkylation sites (N-methyl/N-ethyl adjacent to an activating group) is 1. The lowest BCUT2D eigenvalue weighted by Crippen LogP contribution is -2.48. The topological polar surface area (TPSA) is 97.1 Å². The second kappa shape index (κ2) is 9.23. The highest BCUT2D eigenvalue weighted by Crippen LogP contribution is 2.34. The van der Waals surface area contributed by atoms with Crippen LogP contribution in [0.15, 0.2) is 48.5 Å². The molecule has 34 heavy (non-hydrogen) atoms. The molecule has 176 valence electrons. The number of carbonyl (C=O) groups is 2. The number of primary amides is 1. The minimum atomic E-state index is -0.481. The van der Waals surface area contributed by atoms with E-state index in [-0.39, 0.29) is 19.2 Å². The van der Waals surface area contributed by atoms with E-state index in [1.54, 1.807) is 6.07 Å². The molecule has 0 saturated carbocycles. The van der Waals surface area contributed by atoms with Crippen molar-refractivity contribution in [1.82, 2.24) is 9.80 Å². The van der Waals surface area contributed by atoms with Crippen molar-refractivity contribution in [3.63, 3.8) is 0 Å².